The normalized spacial score (nSPS) is 13.0. The Bertz CT molecular complexity index is 353. The van der Waals surface area contributed by atoms with E-state index in [2.05, 4.69) is 10.5 Å². The van der Waals surface area contributed by atoms with E-state index < -0.39 is 0 Å². The molecular weight excluding hydrogens is 240 g/mol. The van der Waals surface area contributed by atoms with Crippen LogP contribution in [0, 0.1) is 6.92 Å². The fourth-order valence-electron chi connectivity index (χ4n) is 1.72. The Labute approximate surface area is 107 Å². The van der Waals surface area contributed by atoms with Crippen molar-refractivity contribution < 1.29 is 4.74 Å². The zero-order valence-electron chi connectivity index (χ0n) is 10.7. The summed E-state index contributed by atoms with van der Waals surface area (Å²) in [5.74, 6) is 5.51. The molecule has 1 atom stereocenters. The highest BCUT2D eigenvalue weighted by atomic mass is 35.5. The van der Waals surface area contributed by atoms with Crippen molar-refractivity contribution >= 4 is 11.6 Å². The highest BCUT2D eigenvalue weighted by molar-refractivity contribution is 6.31. The van der Waals surface area contributed by atoms with Crippen LogP contribution in [0.25, 0.3) is 0 Å². The maximum Gasteiger partial charge on any atom is 0.0847 e. The summed E-state index contributed by atoms with van der Waals surface area (Å²) in [6, 6.07) is 0.0499. The Morgan fingerprint density at radius 1 is 1.53 bits per heavy atom. The first-order valence-electron chi connectivity index (χ1n) is 5.89. The van der Waals surface area contributed by atoms with Gasteiger partial charge in [0.1, 0.15) is 0 Å². The molecular formula is C11H21ClN4O. The number of aromatic nitrogens is 2. The molecule has 3 N–H and O–H groups in total. The van der Waals surface area contributed by atoms with Gasteiger partial charge in [0.05, 0.1) is 23.0 Å². The van der Waals surface area contributed by atoms with E-state index in [1.165, 1.54) is 0 Å². The average Bonchev–Trinajstić information content (AvgIpc) is 2.61. The molecule has 0 saturated carbocycles. The quantitative estimate of drug-likeness (QED) is 0.573. The lowest BCUT2D eigenvalue weighted by Gasteiger charge is -2.16. The highest BCUT2D eigenvalue weighted by Gasteiger charge is 2.17. The lowest BCUT2D eigenvalue weighted by molar-refractivity contribution is 0.122. The molecule has 0 radical (unpaired) electrons. The van der Waals surface area contributed by atoms with Gasteiger partial charge in [-0.1, -0.05) is 11.6 Å². The number of hydrazine groups is 1. The van der Waals surface area contributed by atoms with Gasteiger partial charge < -0.3 is 4.74 Å². The fraction of sp³-hybridized carbons (Fsp3) is 0.727. The topological polar surface area (TPSA) is 65.1 Å². The Balaban J connectivity index is 2.77. The van der Waals surface area contributed by atoms with Gasteiger partial charge in [0.2, 0.25) is 0 Å². The van der Waals surface area contributed by atoms with E-state index in [-0.39, 0.29) is 6.04 Å². The number of hydrogen-bond donors (Lipinski definition) is 2. The van der Waals surface area contributed by atoms with Crippen LogP contribution in [0.15, 0.2) is 0 Å². The molecule has 0 fully saturated rings. The molecule has 0 aliphatic rings. The van der Waals surface area contributed by atoms with Crippen LogP contribution in [0.3, 0.4) is 0 Å². The summed E-state index contributed by atoms with van der Waals surface area (Å²) in [4.78, 5) is 0. The van der Waals surface area contributed by atoms with Crippen LogP contribution in [-0.4, -0.2) is 29.0 Å². The molecule has 5 nitrogen and oxygen atoms in total. The number of rotatable bonds is 7. The number of halogens is 1. The Kier molecular flexibility index (Phi) is 5.91. The van der Waals surface area contributed by atoms with Gasteiger partial charge in [-0.05, 0) is 20.8 Å². The van der Waals surface area contributed by atoms with E-state index in [1.54, 1.807) is 0 Å². The zero-order chi connectivity index (χ0) is 12.8. The third kappa shape index (κ3) is 3.67. The maximum atomic E-state index is 6.24. The minimum Gasteiger partial charge on any atom is -0.380 e. The molecule has 0 bridgehead atoms. The van der Waals surface area contributed by atoms with E-state index in [4.69, 9.17) is 22.2 Å². The van der Waals surface area contributed by atoms with Gasteiger partial charge in [0.15, 0.2) is 0 Å². The molecule has 1 rings (SSSR count). The standard InChI is InChI=1S/C11H21ClN4O/c1-4-16-10(11(12)8(3)15-16)6-9(14-13)7-17-5-2/h9,14H,4-7,13H2,1-3H3. The smallest absolute Gasteiger partial charge is 0.0847 e. The SMILES string of the molecule is CCOCC(Cc1c(Cl)c(C)nn1CC)NN. The lowest BCUT2D eigenvalue weighted by Crippen LogP contribution is -2.40. The van der Waals surface area contributed by atoms with Crippen molar-refractivity contribution in [2.75, 3.05) is 13.2 Å². The average molecular weight is 261 g/mol. The zero-order valence-corrected chi connectivity index (χ0v) is 11.4. The van der Waals surface area contributed by atoms with Crippen molar-refractivity contribution in [3.8, 4) is 0 Å². The fourth-order valence-corrected chi connectivity index (χ4v) is 1.94. The molecule has 1 heterocycles. The number of nitrogens with zero attached hydrogens (tertiary/aromatic N) is 2. The predicted octanol–water partition coefficient (Wildman–Crippen LogP) is 1.28. The summed E-state index contributed by atoms with van der Waals surface area (Å²) in [5, 5.41) is 5.10. The van der Waals surface area contributed by atoms with E-state index >= 15 is 0 Å². The molecule has 1 aromatic heterocycles. The summed E-state index contributed by atoms with van der Waals surface area (Å²) in [7, 11) is 0. The lowest BCUT2D eigenvalue weighted by atomic mass is 10.1. The highest BCUT2D eigenvalue weighted by Crippen LogP contribution is 2.21. The first-order chi connectivity index (χ1) is 8.13. The van der Waals surface area contributed by atoms with Crippen LogP contribution >= 0.6 is 11.6 Å². The van der Waals surface area contributed by atoms with E-state index in [0.29, 0.717) is 19.6 Å². The first-order valence-corrected chi connectivity index (χ1v) is 6.27. The second-order valence-corrected chi connectivity index (χ2v) is 4.27. The van der Waals surface area contributed by atoms with Gasteiger partial charge in [0.25, 0.3) is 0 Å². The summed E-state index contributed by atoms with van der Waals surface area (Å²) < 4.78 is 7.27. The summed E-state index contributed by atoms with van der Waals surface area (Å²) in [6.07, 6.45) is 0.712. The Hall–Kier alpha value is -0.620. The van der Waals surface area contributed by atoms with Crippen LogP contribution in [0.2, 0.25) is 5.02 Å². The second kappa shape index (κ2) is 6.96. The maximum absolute atomic E-state index is 6.24. The van der Waals surface area contributed by atoms with Crippen LogP contribution in [0.1, 0.15) is 25.2 Å². The van der Waals surface area contributed by atoms with Gasteiger partial charge >= 0.3 is 0 Å². The molecule has 0 spiro atoms. The van der Waals surface area contributed by atoms with Crippen LogP contribution in [0.4, 0.5) is 0 Å². The van der Waals surface area contributed by atoms with E-state index in [0.717, 1.165) is 23.0 Å². The third-order valence-corrected chi connectivity index (χ3v) is 3.14. The monoisotopic (exact) mass is 260 g/mol. The summed E-state index contributed by atoms with van der Waals surface area (Å²) in [5.41, 5.74) is 4.61. The molecule has 0 aliphatic heterocycles. The number of aryl methyl sites for hydroxylation is 2. The van der Waals surface area contributed by atoms with Crippen molar-refractivity contribution in [3.05, 3.63) is 16.4 Å². The van der Waals surface area contributed by atoms with E-state index in [1.807, 2.05) is 25.5 Å². The number of hydrogen-bond acceptors (Lipinski definition) is 4. The van der Waals surface area contributed by atoms with Gasteiger partial charge in [-0.2, -0.15) is 5.10 Å². The van der Waals surface area contributed by atoms with Crippen molar-refractivity contribution in [3.63, 3.8) is 0 Å². The Morgan fingerprint density at radius 3 is 2.76 bits per heavy atom. The van der Waals surface area contributed by atoms with Gasteiger partial charge in [-0.25, -0.2) is 0 Å². The van der Waals surface area contributed by atoms with Gasteiger partial charge in [-0.15, -0.1) is 0 Å². The Morgan fingerprint density at radius 2 is 2.24 bits per heavy atom. The molecule has 0 aromatic carbocycles. The molecule has 0 saturated heterocycles. The molecule has 1 unspecified atom stereocenters. The van der Waals surface area contributed by atoms with Crippen molar-refractivity contribution in [1.82, 2.24) is 15.2 Å². The largest absolute Gasteiger partial charge is 0.380 e. The molecule has 0 amide bonds. The minimum atomic E-state index is 0.0499. The predicted molar refractivity (Wildman–Crippen MR) is 69.0 cm³/mol. The second-order valence-electron chi connectivity index (χ2n) is 3.89. The van der Waals surface area contributed by atoms with Crippen molar-refractivity contribution in [1.29, 1.82) is 0 Å². The summed E-state index contributed by atoms with van der Waals surface area (Å²) in [6.45, 7) is 7.95. The molecule has 1 aromatic rings. The van der Waals surface area contributed by atoms with Gasteiger partial charge in [0, 0.05) is 25.6 Å². The van der Waals surface area contributed by atoms with Crippen molar-refractivity contribution in [2.24, 2.45) is 5.84 Å². The molecule has 98 valence electrons. The first kappa shape index (κ1) is 14.4. The van der Waals surface area contributed by atoms with Crippen LogP contribution < -0.4 is 11.3 Å². The number of nitrogens with one attached hydrogen (secondary N) is 1. The van der Waals surface area contributed by atoms with Crippen molar-refractivity contribution in [2.45, 2.75) is 39.8 Å². The number of nitrogens with two attached hydrogens (primary N) is 1. The minimum absolute atomic E-state index is 0.0499. The number of ether oxygens (including phenoxy) is 1. The van der Waals surface area contributed by atoms with E-state index in [9.17, 15) is 0 Å². The van der Waals surface area contributed by atoms with Gasteiger partial charge in [-0.3, -0.25) is 16.0 Å². The van der Waals surface area contributed by atoms with Crippen LogP contribution in [0.5, 0.6) is 0 Å². The van der Waals surface area contributed by atoms with Crippen LogP contribution in [-0.2, 0) is 17.7 Å². The molecule has 6 heteroatoms. The summed E-state index contributed by atoms with van der Waals surface area (Å²) >= 11 is 6.24. The third-order valence-electron chi connectivity index (χ3n) is 2.65. The molecule has 17 heavy (non-hydrogen) atoms. The molecule has 0 aliphatic carbocycles.